The molecule has 3 rings (SSSR count). The predicted molar refractivity (Wildman–Crippen MR) is 103 cm³/mol. The van der Waals surface area contributed by atoms with Crippen molar-refractivity contribution in [2.24, 2.45) is 0 Å². The molecule has 0 unspecified atom stereocenters. The van der Waals surface area contributed by atoms with E-state index in [1.54, 1.807) is 0 Å². The van der Waals surface area contributed by atoms with Gasteiger partial charge in [0.05, 0.1) is 28.7 Å². The van der Waals surface area contributed by atoms with E-state index >= 15 is 0 Å². The van der Waals surface area contributed by atoms with E-state index in [0.717, 1.165) is 61.3 Å². The SMILES string of the molecule is CCCc1nn(-c2cccc(C)c2)c(CC)c1C(=O)NC[C@@H]1CCCO1. The lowest BCUT2D eigenvalue weighted by atomic mass is 10.1. The van der Waals surface area contributed by atoms with E-state index in [1.165, 1.54) is 5.56 Å². The van der Waals surface area contributed by atoms with E-state index < -0.39 is 0 Å². The van der Waals surface area contributed by atoms with Gasteiger partial charge in [-0.2, -0.15) is 5.10 Å². The molecule has 0 aliphatic carbocycles. The molecule has 1 saturated heterocycles. The molecule has 2 aromatic rings. The summed E-state index contributed by atoms with van der Waals surface area (Å²) in [5.41, 5.74) is 4.80. The molecule has 1 amide bonds. The third-order valence-electron chi connectivity index (χ3n) is 4.86. The molecule has 5 heteroatoms. The number of aromatic nitrogens is 2. The number of benzene rings is 1. The van der Waals surface area contributed by atoms with Gasteiger partial charge in [-0.3, -0.25) is 4.79 Å². The number of rotatable bonds is 7. The van der Waals surface area contributed by atoms with Gasteiger partial charge in [-0.15, -0.1) is 0 Å². The van der Waals surface area contributed by atoms with Crippen LogP contribution in [0.3, 0.4) is 0 Å². The summed E-state index contributed by atoms with van der Waals surface area (Å²) in [7, 11) is 0. The van der Waals surface area contributed by atoms with Gasteiger partial charge < -0.3 is 10.1 Å². The van der Waals surface area contributed by atoms with Gasteiger partial charge in [0, 0.05) is 13.2 Å². The topological polar surface area (TPSA) is 56.2 Å². The first kappa shape index (κ1) is 18.6. The molecule has 0 bridgehead atoms. The second-order valence-electron chi connectivity index (χ2n) is 6.97. The molecule has 5 nitrogen and oxygen atoms in total. The lowest BCUT2D eigenvalue weighted by Crippen LogP contribution is -2.32. The predicted octanol–water partition coefficient (Wildman–Crippen LogP) is 3.60. The van der Waals surface area contributed by atoms with Crippen LogP contribution >= 0.6 is 0 Å². The van der Waals surface area contributed by atoms with Crippen LogP contribution in [0, 0.1) is 6.92 Å². The summed E-state index contributed by atoms with van der Waals surface area (Å²) in [4.78, 5) is 13.0. The van der Waals surface area contributed by atoms with Crippen LogP contribution in [0.5, 0.6) is 0 Å². The van der Waals surface area contributed by atoms with E-state index in [-0.39, 0.29) is 12.0 Å². The lowest BCUT2D eigenvalue weighted by Gasteiger charge is -2.12. The van der Waals surface area contributed by atoms with Crippen LogP contribution in [0.1, 0.15) is 60.4 Å². The number of nitrogens with one attached hydrogen (secondary N) is 1. The minimum atomic E-state index is -0.0281. The maximum atomic E-state index is 13.0. The zero-order chi connectivity index (χ0) is 18.5. The zero-order valence-electron chi connectivity index (χ0n) is 16.0. The second kappa shape index (κ2) is 8.49. The van der Waals surface area contributed by atoms with Crippen LogP contribution in [0.2, 0.25) is 0 Å². The van der Waals surface area contributed by atoms with E-state index in [0.29, 0.717) is 6.54 Å². The molecular weight excluding hydrogens is 326 g/mol. The van der Waals surface area contributed by atoms with Crippen molar-refractivity contribution < 1.29 is 9.53 Å². The number of carbonyl (C=O) groups is 1. The Balaban J connectivity index is 1.92. The summed E-state index contributed by atoms with van der Waals surface area (Å²) >= 11 is 0. The first-order chi connectivity index (χ1) is 12.6. The minimum Gasteiger partial charge on any atom is -0.376 e. The maximum absolute atomic E-state index is 13.0. The third-order valence-corrected chi connectivity index (χ3v) is 4.86. The smallest absolute Gasteiger partial charge is 0.255 e. The number of hydrogen-bond donors (Lipinski definition) is 1. The molecule has 1 aliphatic rings. The average molecular weight is 355 g/mol. The fourth-order valence-electron chi connectivity index (χ4n) is 3.58. The van der Waals surface area contributed by atoms with Crippen molar-refractivity contribution >= 4 is 5.91 Å². The highest BCUT2D eigenvalue weighted by Crippen LogP contribution is 2.22. The van der Waals surface area contributed by atoms with Crippen molar-refractivity contribution in [3.05, 3.63) is 46.8 Å². The highest BCUT2D eigenvalue weighted by atomic mass is 16.5. The molecule has 1 N–H and O–H groups in total. The Kier molecular flexibility index (Phi) is 6.09. The molecule has 1 aromatic heterocycles. The van der Waals surface area contributed by atoms with Crippen molar-refractivity contribution in [2.75, 3.05) is 13.2 Å². The summed E-state index contributed by atoms with van der Waals surface area (Å²) in [5, 5.41) is 7.88. The molecule has 1 aliphatic heterocycles. The van der Waals surface area contributed by atoms with Gasteiger partial charge in [0.25, 0.3) is 5.91 Å². The second-order valence-corrected chi connectivity index (χ2v) is 6.97. The van der Waals surface area contributed by atoms with Crippen LogP contribution in [-0.2, 0) is 17.6 Å². The standard InChI is InChI=1S/C21H29N3O2/c1-4-8-18-20(21(25)22-14-17-11-7-12-26-17)19(5-2)24(23-18)16-10-6-9-15(3)13-16/h6,9-10,13,17H,4-5,7-8,11-12,14H2,1-3H3,(H,22,25)/t17-/m0/s1. The van der Waals surface area contributed by atoms with Crippen molar-refractivity contribution in [1.82, 2.24) is 15.1 Å². The van der Waals surface area contributed by atoms with E-state index in [9.17, 15) is 4.79 Å². The summed E-state index contributed by atoms with van der Waals surface area (Å²) < 4.78 is 7.57. The van der Waals surface area contributed by atoms with Crippen LogP contribution in [-0.4, -0.2) is 34.9 Å². The molecule has 2 heterocycles. The van der Waals surface area contributed by atoms with Gasteiger partial charge >= 0.3 is 0 Å². The van der Waals surface area contributed by atoms with Crippen molar-refractivity contribution in [1.29, 1.82) is 0 Å². The number of carbonyl (C=O) groups excluding carboxylic acids is 1. The van der Waals surface area contributed by atoms with Gasteiger partial charge in [-0.25, -0.2) is 4.68 Å². The summed E-state index contributed by atoms with van der Waals surface area (Å²) in [6.07, 6.45) is 4.76. The van der Waals surface area contributed by atoms with E-state index in [2.05, 4.69) is 38.2 Å². The Morgan fingerprint density at radius 2 is 2.23 bits per heavy atom. The van der Waals surface area contributed by atoms with Crippen LogP contribution in [0.25, 0.3) is 5.69 Å². The molecule has 1 aromatic carbocycles. The Morgan fingerprint density at radius 1 is 1.38 bits per heavy atom. The Morgan fingerprint density at radius 3 is 2.88 bits per heavy atom. The summed E-state index contributed by atoms with van der Waals surface area (Å²) in [6, 6.07) is 8.25. The number of hydrogen-bond acceptors (Lipinski definition) is 3. The normalized spacial score (nSPS) is 16.8. The Hall–Kier alpha value is -2.14. The fraction of sp³-hybridized carbons (Fsp3) is 0.524. The van der Waals surface area contributed by atoms with Gasteiger partial charge in [0.15, 0.2) is 0 Å². The van der Waals surface area contributed by atoms with E-state index in [1.807, 2.05) is 16.8 Å². The molecule has 0 saturated carbocycles. The molecule has 140 valence electrons. The van der Waals surface area contributed by atoms with Crippen molar-refractivity contribution in [3.63, 3.8) is 0 Å². The van der Waals surface area contributed by atoms with Crippen LogP contribution < -0.4 is 5.32 Å². The monoisotopic (exact) mass is 355 g/mol. The average Bonchev–Trinajstić information content (AvgIpc) is 3.27. The molecular formula is C21H29N3O2. The Bertz CT molecular complexity index is 761. The largest absolute Gasteiger partial charge is 0.376 e. The van der Waals surface area contributed by atoms with Gasteiger partial charge in [0.1, 0.15) is 0 Å². The maximum Gasteiger partial charge on any atom is 0.255 e. The number of ether oxygens (including phenoxy) is 1. The molecule has 1 atom stereocenters. The van der Waals surface area contributed by atoms with Crippen LogP contribution in [0.4, 0.5) is 0 Å². The highest BCUT2D eigenvalue weighted by molar-refractivity contribution is 5.96. The van der Waals surface area contributed by atoms with Gasteiger partial charge in [0.2, 0.25) is 0 Å². The van der Waals surface area contributed by atoms with Crippen molar-refractivity contribution in [3.8, 4) is 5.69 Å². The quantitative estimate of drug-likeness (QED) is 0.825. The Labute approximate surface area is 155 Å². The number of aryl methyl sites for hydroxylation is 2. The summed E-state index contributed by atoms with van der Waals surface area (Å²) in [6.45, 7) is 7.64. The molecule has 0 spiro atoms. The van der Waals surface area contributed by atoms with Crippen molar-refractivity contribution in [2.45, 2.75) is 59.0 Å². The van der Waals surface area contributed by atoms with E-state index in [4.69, 9.17) is 9.84 Å². The molecule has 0 radical (unpaired) electrons. The van der Waals surface area contributed by atoms with Gasteiger partial charge in [-0.1, -0.05) is 32.4 Å². The number of nitrogens with zero attached hydrogens (tertiary/aromatic N) is 2. The van der Waals surface area contributed by atoms with Crippen LogP contribution in [0.15, 0.2) is 24.3 Å². The fourth-order valence-corrected chi connectivity index (χ4v) is 3.58. The molecule has 1 fully saturated rings. The van der Waals surface area contributed by atoms with Gasteiger partial charge in [-0.05, 0) is 50.3 Å². The highest BCUT2D eigenvalue weighted by Gasteiger charge is 2.24. The lowest BCUT2D eigenvalue weighted by molar-refractivity contribution is 0.0856. The molecule has 26 heavy (non-hydrogen) atoms. The zero-order valence-corrected chi connectivity index (χ0v) is 16.0. The first-order valence-electron chi connectivity index (χ1n) is 9.71. The number of amides is 1. The summed E-state index contributed by atoms with van der Waals surface area (Å²) in [5.74, 6) is -0.0281. The first-order valence-corrected chi connectivity index (χ1v) is 9.71. The minimum absolute atomic E-state index is 0.0281. The third kappa shape index (κ3) is 3.98.